The Morgan fingerprint density at radius 3 is 2.26 bits per heavy atom. The summed E-state index contributed by atoms with van der Waals surface area (Å²) < 4.78 is 16.7. The third-order valence-electron chi connectivity index (χ3n) is 5.41. The maximum absolute atomic E-state index is 10.4. The molecule has 1 heterocycles. The molecule has 3 rings (SSSR count). The van der Waals surface area contributed by atoms with Crippen molar-refractivity contribution in [1.82, 2.24) is 0 Å². The Balaban J connectivity index is 1.87. The van der Waals surface area contributed by atoms with Gasteiger partial charge in [-0.25, -0.2) is 0 Å². The summed E-state index contributed by atoms with van der Waals surface area (Å²) >= 11 is 0. The zero-order valence-corrected chi connectivity index (χ0v) is 17.6. The number of aliphatic hydroxyl groups excluding tert-OH is 5. The van der Waals surface area contributed by atoms with E-state index in [1.54, 1.807) is 13.2 Å². The van der Waals surface area contributed by atoms with Crippen molar-refractivity contribution in [3.63, 3.8) is 0 Å². The predicted molar refractivity (Wildman–Crippen MR) is 112 cm³/mol. The molecule has 0 aromatic heterocycles. The highest BCUT2D eigenvalue weighted by Gasteiger charge is 2.46. The molecular weight excluding hydrogens is 404 g/mol. The lowest BCUT2D eigenvalue weighted by Gasteiger charge is -2.41. The SMILES string of the molecule is COc1ccc(Cc2ccc(CCO)cc2O[C@@H]2O[C@H]([C@@H](C)O)[C@@H](O)[C@H](O)[C@H]2O)cc1. The van der Waals surface area contributed by atoms with Gasteiger partial charge in [0.15, 0.2) is 0 Å². The van der Waals surface area contributed by atoms with E-state index in [0.29, 0.717) is 18.6 Å². The Kier molecular flexibility index (Phi) is 7.88. The smallest absolute Gasteiger partial charge is 0.229 e. The van der Waals surface area contributed by atoms with Gasteiger partial charge in [-0.3, -0.25) is 0 Å². The van der Waals surface area contributed by atoms with Crippen molar-refractivity contribution in [2.75, 3.05) is 13.7 Å². The van der Waals surface area contributed by atoms with Crippen molar-refractivity contribution in [3.8, 4) is 11.5 Å². The fourth-order valence-corrected chi connectivity index (χ4v) is 3.60. The second-order valence-corrected chi connectivity index (χ2v) is 7.74. The van der Waals surface area contributed by atoms with E-state index in [1.165, 1.54) is 6.92 Å². The van der Waals surface area contributed by atoms with E-state index >= 15 is 0 Å². The molecule has 0 saturated carbocycles. The van der Waals surface area contributed by atoms with Crippen LogP contribution in [0.1, 0.15) is 23.6 Å². The van der Waals surface area contributed by atoms with Crippen LogP contribution in [0.15, 0.2) is 42.5 Å². The number of rotatable bonds is 8. The van der Waals surface area contributed by atoms with Gasteiger partial charge in [-0.15, -0.1) is 0 Å². The minimum absolute atomic E-state index is 0.0329. The van der Waals surface area contributed by atoms with Gasteiger partial charge in [0.25, 0.3) is 0 Å². The molecule has 0 radical (unpaired) electrons. The molecule has 8 nitrogen and oxygen atoms in total. The average Bonchev–Trinajstić information content (AvgIpc) is 2.76. The van der Waals surface area contributed by atoms with Gasteiger partial charge in [-0.2, -0.15) is 0 Å². The lowest BCUT2D eigenvalue weighted by atomic mass is 9.96. The van der Waals surface area contributed by atoms with E-state index in [2.05, 4.69) is 0 Å². The van der Waals surface area contributed by atoms with Gasteiger partial charge >= 0.3 is 0 Å². The van der Waals surface area contributed by atoms with Crippen LogP contribution in [0.5, 0.6) is 11.5 Å². The minimum atomic E-state index is -1.54. The number of hydrogen-bond donors (Lipinski definition) is 5. The summed E-state index contributed by atoms with van der Waals surface area (Å²) in [4.78, 5) is 0. The molecule has 8 heteroatoms. The van der Waals surface area contributed by atoms with Gasteiger partial charge < -0.3 is 39.7 Å². The van der Waals surface area contributed by atoms with E-state index in [9.17, 15) is 25.5 Å². The summed E-state index contributed by atoms with van der Waals surface area (Å²) in [5.74, 6) is 1.16. The topological polar surface area (TPSA) is 129 Å². The Morgan fingerprint density at radius 1 is 0.968 bits per heavy atom. The summed E-state index contributed by atoms with van der Waals surface area (Å²) in [5, 5.41) is 49.8. The first-order valence-electron chi connectivity index (χ1n) is 10.2. The highest BCUT2D eigenvalue weighted by atomic mass is 16.7. The second-order valence-electron chi connectivity index (χ2n) is 7.74. The maximum atomic E-state index is 10.4. The normalized spacial score (nSPS) is 27.0. The Morgan fingerprint density at radius 2 is 1.65 bits per heavy atom. The lowest BCUT2D eigenvalue weighted by molar-refractivity contribution is -0.286. The van der Waals surface area contributed by atoms with Crippen molar-refractivity contribution in [2.24, 2.45) is 0 Å². The molecule has 5 N–H and O–H groups in total. The average molecular weight is 434 g/mol. The fourth-order valence-electron chi connectivity index (χ4n) is 3.60. The molecular formula is C23H30O8. The number of aliphatic hydroxyl groups is 5. The van der Waals surface area contributed by atoms with Crippen molar-refractivity contribution < 1.29 is 39.7 Å². The third kappa shape index (κ3) is 5.54. The highest BCUT2D eigenvalue weighted by molar-refractivity contribution is 5.42. The molecule has 0 aliphatic carbocycles. The van der Waals surface area contributed by atoms with Gasteiger partial charge in [0, 0.05) is 13.0 Å². The molecule has 1 aliphatic heterocycles. The van der Waals surface area contributed by atoms with Gasteiger partial charge in [-0.1, -0.05) is 24.3 Å². The standard InChI is InChI=1S/C23H30O8/c1-13(25)22-20(27)19(26)21(28)23(31-22)30-18-12-15(9-10-24)3-6-16(18)11-14-4-7-17(29-2)8-5-14/h3-8,12-13,19-28H,9-11H2,1-2H3/t13-,19+,20+,21-,22-,23-/m1/s1. The molecule has 0 bridgehead atoms. The molecule has 2 aromatic rings. The molecule has 0 unspecified atom stereocenters. The summed E-state index contributed by atoms with van der Waals surface area (Å²) in [5.41, 5.74) is 2.63. The zero-order chi connectivity index (χ0) is 22.5. The summed E-state index contributed by atoms with van der Waals surface area (Å²) in [7, 11) is 1.60. The molecule has 1 saturated heterocycles. The summed E-state index contributed by atoms with van der Waals surface area (Å²) in [6.45, 7) is 1.39. The summed E-state index contributed by atoms with van der Waals surface area (Å²) in [6, 6.07) is 13.1. The number of methoxy groups -OCH3 is 1. The van der Waals surface area contributed by atoms with Crippen LogP contribution in [0, 0.1) is 0 Å². The van der Waals surface area contributed by atoms with Gasteiger partial charge in [0.05, 0.1) is 13.2 Å². The van der Waals surface area contributed by atoms with E-state index in [4.69, 9.17) is 14.2 Å². The van der Waals surface area contributed by atoms with Crippen LogP contribution in [-0.4, -0.2) is 76.1 Å². The van der Waals surface area contributed by atoms with Gasteiger partial charge in [0.1, 0.15) is 35.9 Å². The number of ether oxygens (including phenoxy) is 3. The fraction of sp³-hybridized carbons (Fsp3) is 0.478. The van der Waals surface area contributed by atoms with Crippen LogP contribution in [0.25, 0.3) is 0 Å². The molecule has 170 valence electrons. The second kappa shape index (κ2) is 10.4. The largest absolute Gasteiger partial charge is 0.497 e. The number of hydrogen-bond acceptors (Lipinski definition) is 8. The first-order valence-corrected chi connectivity index (χ1v) is 10.2. The monoisotopic (exact) mass is 434 g/mol. The van der Waals surface area contributed by atoms with Crippen LogP contribution >= 0.6 is 0 Å². The molecule has 1 fully saturated rings. The third-order valence-corrected chi connectivity index (χ3v) is 5.41. The van der Waals surface area contributed by atoms with Crippen molar-refractivity contribution >= 4 is 0 Å². The van der Waals surface area contributed by atoms with E-state index < -0.39 is 36.8 Å². The molecule has 1 aliphatic rings. The first kappa shape index (κ1) is 23.5. The molecule has 2 aromatic carbocycles. The van der Waals surface area contributed by atoms with Gasteiger partial charge in [-0.05, 0) is 48.2 Å². The van der Waals surface area contributed by atoms with Crippen LogP contribution in [0.4, 0.5) is 0 Å². The Hall–Kier alpha value is -2.20. The molecule has 0 spiro atoms. The predicted octanol–water partition coefficient (Wildman–Crippen LogP) is 0.388. The Labute approximate surface area is 181 Å². The molecule has 6 atom stereocenters. The van der Waals surface area contributed by atoms with Crippen molar-refractivity contribution in [3.05, 3.63) is 59.2 Å². The van der Waals surface area contributed by atoms with E-state index in [-0.39, 0.29) is 6.61 Å². The van der Waals surface area contributed by atoms with Crippen LogP contribution in [0.2, 0.25) is 0 Å². The van der Waals surface area contributed by atoms with Crippen LogP contribution in [0.3, 0.4) is 0 Å². The van der Waals surface area contributed by atoms with E-state index in [0.717, 1.165) is 22.4 Å². The van der Waals surface area contributed by atoms with Crippen LogP contribution in [-0.2, 0) is 17.6 Å². The minimum Gasteiger partial charge on any atom is -0.497 e. The van der Waals surface area contributed by atoms with Gasteiger partial charge in [0.2, 0.25) is 6.29 Å². The first-order chi connectivity index (χ1) is 14.8. The molecule has 31 heavy (non-hydrogen) atoms. The summed E-state index contributed by atoms with van der Waals surface area (Å²) in [6.07, 6.45) is -7.05. The Bertz CT molecular complexity index is 838. The zero-order valence-electron chi connectivity index (χ0n) is 17.6. The van der Waals surface area contributed by atoms with Crippen LogP contribution < -0.4 is 9.47 Å². The highest BCUT2D eigenvalue weighted by Crippen LogP contribution is 2.30. The lowest BCUT2D eigenvalue weighted by Crippen LogP contribution is -2.61. The quantitative estimate of drug-likeness (QED) is 0.404. The van der Waals surface area contributed by atoms with Crippen molar-refractivity contribution in [2.45, 2.75) is 56.6 Å². The molecule has 0 amide bonds. The van der Waals surface area contributed by atoms with Crippen molar-refractivity contribution in [1.29, 1.82) is 0 Å². The number of benzene rings is 2. The maximum Gasteiger partial charge on any atom is 0.229 e. The van der Waals surface area contributed by atoms with E-state index in [1.807, 2.05) is 36.4 Å².